The van der Waals surface area contributed by atoms with Gasteiger partial charge in [-0.15, -0.1) is 40.6 Å². The van der Waals surface area contributed by atoms with E-state index < -0.39 is 92.8 Å². The minimum atomic E-state index is -5.36. The van der Waals surface area contributed by atoms with Gasteiger partial charge in [-0.25, -0.2) is 19.6 Å². The molecule has 0 spiro atoms. The summed E-state index contributed by atoms with van der Waals surface area (Å²) in [5, 5.41) is 42.9. The highest BCUT2D eigenvalue weighted by Crippen LogP contribution is 2.37. The van der Waals surface area contributed by atoms with Crippen LogP contribution in [0.4, 0.5) is 10.3 Å². The molecule has 4 amide bonds. The number of carbonyl (C=O) groups is 6. The van der Waals surface area contributed by atoms with Crippen molar-refractivity contribution in [2.45, 2.75) is 128 Å². The number of benzene rings is 2. The van der Waals surface area contributed by atoms with Crippen molar-refractivity contribution in [2.24, 2.45) is 33.6 Å². The van der Waals surface area contributed by atoms with E-state index in [0.29, 0.717) is 46.6 Å². The first kappa shape index (κ1) is 72.5. The van der Waals surface area contributed by atoms with Gasteiger partial charge in [-0.2, -0.15) is 27.9 Å². The molecule has 0 aliphatic carbocycles. The number of nitrogens with one attached hydrogen (secondary N) is 4. The molecule has 14 N–H and O–H groups in total. The zero-order valence-corrected chi connectivity index (χ0v) is 57.3. The molecule has 0 unspecified atom stereocenters. The zero-order chi connectivity index (χ0) is 70.8. The maximum absolute atomic E-state index is 14.0. The predicted molar refractivity (Wildman–Crippen MR) is 358 cm³/mol. The van der Waals surface area contributed by atoms with Gasteiger partial charge in [0.1, 0.15) is 35.0 Å². The molecule has 0 radical (unpaired) electrons. The highest BCUT2D eigenvalue weighted by Gasteiger charge is 2.61. The Balaban J connectivity index is 0.695. The molecular weight excluding hydrogens is 1350 g/mol. The average Bonchev–Trinajstić information content (AvgIpc) is 1.61. The molecule has 2 aromatic carbocycles. The Labute approximate surface area is 577 Å². The van der Waals surface area contributed by atoms with E-state index in [2.05, 4.69) is 85.1 Å². The van der Waals surface area contributed by atoms with Crippen LogP contribution in [-0.2, 0) is 83.6 Å². The number of carboxylic acids is 2. The Kier molecular flexibility index (Phi) is 23.3. The number of hydrogen-bond acceptors (Lipinski definition) is 26. The molecule has 4 aliphatic heterocycles. The van der Waals surface area contributed by atoms with Gasteiger partial charge >= 0.3 is 22.3 Å². The molecule has 34 nitrogen and oxygen atoms in total. The molecule has 37 heteroatoms. The number of nitrogens with zero attached hydrogens (tertiary/aromatic N) is 10. The number of nitrogens with two attached hydrogens (primary N) is 4. The molecular formula is C62H82N18O16S3+2. The lowest BCUT2D eigenvalue weighted by molar-refractivity contribution is -0.781. The van der Waals surface area contributed by atoms with Gasteiger partial charge in [0.2, 0.25) is 24.6 Å². The van der Waals surface area contributed by atoms with Crippen molar-refractivity contribution in [2.75, 3.05) is 63.9 Å². The number of β-lactam (4-membered cyclic amide) rings is 2. The van der Waals surface area contributed by atoms with Gasteiger partial charge in [0.05, 0.1) is 60.9 Å². The Morgan fingerprint density at radius 3 is 1.33 bits per heavy atom. The molecule has 6 aromatic rings. The molecule has 4 aromatic heterocycles. The largest absolute Gasteiger partial charge is 0.494 e. The first-order valence-corrected chi connectivity index (χ1v) is 35.2. The summed E-state index contributed by atoms with van der Waals surface area (Å²) in [7, 11) is -5.36. The molecule has 10 rings (SSSR count). The van der Waals surface area contributed by atoms with E-state index in [0.717, 1.165) is 110 Å². The number of aromatic nitrogens is 6. The van der Waals surface area contributed by atoms with Crippen LogP contribution in [-0.4, -0.2) is 183 Å². The fraction of sp³-hybridized carbons (Fsp3) is 0.484. The van der Waals surface area contributed by atoms with Crippen LogP contribution >= 0.6 is 22.7 Å². The quantitative estimate of drug-likeness (QED) is 0.00829. The van der Waals surface area contributed by atoms with Crippen LogP contribution in [0.1, 0.15) is 77.6 Å². The van der Waals surface area contributed by atoms with Crippen molar-refractivity contribution in [3.63, 3.8) is 0 Å². The van der Waals surface area contributed by atoms with Gasteiger partial charge in [-0.05, 0) is 102 Å². The molecule has 0 saturated carbocycles. The molecule has 4 atom stereocenters. The number of oxime groups is 2. The molecule has 8 heterocycles. The summed E-state index contributed by atoms with van der Waals surface area (Å²) in [4.78, 5) is 99.1. The molecule has 0 bridgehead atoms. The van der Waals surface area contributed by atoms with E-state index >= 15 is 0 Å². The summed E-state index contributed by atoms with van der Waals surface area (Å²) < 4.78 is 57.8. The summed E-state index contributed by atoms with van der Waals surface area (Å²) >= 11 is 1.86. The van der Waals surface area contributed by atoms with Gasteiger partial charge in [0.25, 0.3) is 23.6 Å². The minimum Gasteiger partial charge on any atom is -0.494 e. The lowest BCUT2D eigenvalue weighted by Gasteiger charge is -2.52. The van der Waals surface area contributed by atoms with Gasteiger partial charge in [-0.3, -0.25) is 19.2 Å². The Morgan fingerprint density at radius 1 is 0.636 bits per heavy atom. The third kappa shape index (κ3) is 17.6. The van der Waals surface area contributed by atoms with E-state index in [1.165, 1.54) is 38.5 Å². The molecule has 4 fully saturated rings. The second kappa shape index (κ2) is 31.8. The second-order valence-electron chi connectivity index (χ2n) is 25.2. The average molecular weight is 1430 g/mol. The van der Waals surface area contributed by atoms with Crippen LogP contribution in [0.25, 0.3) is 22.3 Å². The second-order valence-corrected chi connectivity index (χ2v) is 28.1. The highest BCUT2D eigenvalue weighted by molar-refractivity contribution is 7.81. The first-order chi connectivity index (χ1) is 47.3. The first-order valence-electron chi connectivity index (χ1n) is 32.1. The molecule has 4 saturated heterocycles. The highest BCUT2D eigenvalue weighted by atomic mass is 32.3. The number of nitrogen functional groups attached to an aromatic ring is 2. The molecule has 99 heavy (non-hydrogen) atoms. The fourth-order valence-electron chi connectivity index (χ4n) is 11.1. The maximum Gasteiger partial charge on any atom is 0.442 e. The number of hydroxylamine groups is 4. The third-order valence-corrected chi connectivity index (χ3v) is 19.1. The van der Waals surface area contributed by atoms with Gasteiger partial charge in [0, 0.05) is 61.6 Å². The number of aryl methyl sites for hydroxylation is 2. The van der Waals surface area contributed by atoms with E-state index in [1.54, 1.807) is 0 Å². The van der Waals surface area contributed by atoms with Crippen LogP contribution in [0.15, 0.2) is 94.4 Å². The predicted octanol–water partition coefficient (Wildman–Crippen LogP) is 0.498. The van der Waals surface area contributed by atoms with Crippen LogP contribution < -0.4 is 63.0 Å². The van der Waals surface area contributed by atoms with Crippen molar-refractivity contribution >= 4 is 90.3 Å². The number of rotatable bonds is 38. The number of anilines is 2. The zero-order valence-electron chi connectivity index (χ0n) is 54.9. The number of thiazole rings is 2. The van der Waals surface area contributed by atoms with Crippen molar-refractivity contribution < 1.29 is 84.5 Å². The Hall–Kier alpha value is -9.21. The lowest BCUT2D eigenvalue weighted by Crippen LogP contribution is -2.78. The Bertz CT molecular complexity index is 3800. The molecule has 532 valence electrons. The van der Waals surface area contributed by atoms with Crippen LogP contribution in [0.2, 0.25) is 0 Å². The summed E-state index contributed by atoms with van der Waals surface area (Å²) in [5.74, 6) is -4.99. The van der Waals surface area contributed by atoms with E-state index in [-0.39, 0.29) is 60.5 Å². The van der Waals surface area contributed by atoms with Crippen LogP contribution in [0.3, 0.4) is 0 Å². The summed E-state index contributed by atoms with van der Waals surface area (Å²) in [6.07, 6.45) is 7.13. The number of aliphatic carboxylic acids is 2. The summed E-state index contributed by atoms with van der Waals surface area (Å²) in [6.45, 7) is 14.0. The molecule has 4 aliphatic rings. The van der Waals surface area contributed by atoms with Crippen molar-refractivity contribution in [3.8, 4) is 33.8 Å². The van der Waals surface area contributed by atoms with Crippen molar-refractivity contribution in [1.82, 2.24) is 50.7 Å². The monoisotopic (exact) mass is 1430 g/mol. The fourth-order valence-corrected chi connectivity index (χ4v) is 13.1. The number of hydrogen-bond donors (Lipinski definition) is 10. The van der Waals surface area contributed by atoms with Gasteiger partial charge in [0.15, 0.2) is 34.8 Å². The van der Waals surface area contributed by atoms with Crippen LogP contribution in [0, 0.1) is 11.8 Å². The third-order valence-electron chi connectivity index (χ3n) is 17.0. The maximum atomic E-state index is 14.0. The van der Waals surface area contributed by atoms with E-state index in [4.69, 9.17) is 50.7 Å². The van der Waals surface area contributed by atoms with Gasteiger partial charge < -0.3 is 73.6 Å². The number of ether oxygens (including phenoxy) is 2. The standard InChI is InChI=1S/C62H80N18O16S3/c1-61(2)51(71-53(81)49(45-35-97-59(65)69-45)73-93-47(57(85)86)9-5-23-91-43-15-11-39(12-16-43)41-31-75(21-7-19-63)77(33-41)29-37-25-67-26-37)55(83)79(61)95-99(89,90)96-80-56(84)52(62(80,3)4)72-54(82)50(46-36-98-60(66)70-46)74-94-48(58(87)88)10-6-24-92-44-17-13-40(14-18-44)42-32-76(22-8-20-64)78(34-42)30-38-27-68-28-38/h11-18,31-38,47-48,51-52,67-68H,5-10,19-30,63-64H2,1-4H3,(H6-2,65,66,69,70,71,72,81,82,85,86,87,88)/p+2/b73-49-,74-50-/t47-,48-,51+,52+/m0/s1. The summed E-state index contributed by atoms with van der Waals surface area (Å²) in [5.41, 5.74) is 22.7. The normalized spacial score (nSPS) is 18.3. The van der Waals surface area contributed by atoms with E-state index in [1.807, 2.05) is 48.5 Å². The van der Waals surface area contributed by atoms with Gasteiger partial charge in [-0.1, -0.05) is 34.6 Å². The van der Waals surface area contributed by atoms with Crippen molar-refractivity contribution in [1.29, 1.82) is 0 Å². The topological polar surface area (TPSA) is 459 Å². The van der Waals surface area contributed by atoms with E-state index in [9.17, 15) is 47.4 Å². The minimum absolute atomic E-state index is 0.00932. The SMILES string of the molecule is CC1(C)[C@H](NC(=O)/C(=N\O[C@@H](CCCOc2ccc(-c3cn(CCCN)[n+](CC4CNC4)c3)cc2)C(=O)O)c2csc(N)n2)C(=O)N1OS(=O)(=O)ON1C(=O)[C@@H](NC(=O)/C(=N\O[C@@H](CCCOc2ccc(-c3cn(CCCN)[n+](CC4CNC4)c3)cc2)C(=O)O)c2csc(N)n2)C1(C)C. The summed E-state index contributed by atoms with van der Waals surface area (Å²) in [6, 6.07) is 12.0. The Morgan fingerprint density at radius 2 is 1.02 bits per heavy atom. The lowest BCUT2D eigenvalue weighted by atomic mass is 9.84. The van der Waals surface area contributed by atoms with Crippen molar-refractivity contribution in [3.05, 3.63) is 95.5 Å². The smallest absolute Gasteiger partial charge is 0.442 e. The number of carbonyl (C=O) groups excluding carboxylic acids is 4. The number of carboxylic acid groups (broad SMARTS) is 2. The number of amides is 4. The van der Waals surface area contributed by atoms with Crippen LogP contribution in [0.5, 0.6) is 11.5 Å².